The van der Waals surface area contributed by atoms with E-state index in [1.165, 1.54) is 6.07 Å². The lowest BCUT2D eigenvalue weighted by atomic mass is 10.1. The van der Waals surface area contributed by atoms with E-state index in [0.29, 0.717) is 25.1 Å². The summed E-state index contributed by atoms with van der Waals surface area (Å²) in [6.45, 7) is 2.84. The van der Waals surface area contributed by atoms with E-state index in [1.54, 1.807) is 24.0 Å². The Labute approximate surface area is 99.9 Å². The molecule has 1 aromatic carbocycles. The molecule has 17 heavy (non-hydrogen) atoms. The first-order chi connectivity index (χ1) is 8.10. The topological polar surface area (TPSA) is 40.5 Å². The molecule has 1 aliphatic rings. The van der Waals surface area contributed by atoms with Crippen LogP contribution in [0.5, 0.6) is 0 Å². The van der Waals surface area contributed by atoms with Crippen molar-refractivity contribution in [2.24, 2.45) is 5.92 Å². The van der Waals surface area contributed by atoms with E-state index in [-0.39, 0.29) is 24.2 Å². The van der Waals surface area contributed by atoms with Gasteiger partial charge in [-0.05, 0) is 24.1 Å². The normalized spacial score (nSPS) is 20.1. The summed E-state index contributed by atoms with van der Waals surface area (Å²) < 4.78 is 13.1. The Morgan fingerprint density at radius 2 is 2.29 bits per heavy atom. The number of hydrogen-bond donors (Lipinski definition) is 1. The molecule has 1 N–H and O–H groups in total. The predicted molar refractivity (Wildman–Crippen MR) is 61.7 cm³/mol. The van der Waals surface area contributed by atoms with Crippen LogP contribution in [-0.4, -0.2) is 29.1 Å². The lowest BCUT2D eigenvalue weighted by Crippen LogP contribution is -2.25. The van der Waals surface area contributed by atoms with Crippen molar-refractivity contribution < 1.29 is 14.3 Å². The van der Waals surface area contributed by atoms with Gasteiger partial charge >= 0.3 is 0 Å². The Bertz CT molecular complexity index is 433. The van der Waals surface area contributed by atoms with Gasteiger partial charge in [-0.25, -0.2) is 4.39 Å². The maximum Gasteiger partial charge on any atom is 0.223 e. The number of benzene rings is 1. The molecule has 0 saturated carbocycles. The Hall–Kier alpha value is -1.42. The summed E-state index contributed by atoms with van der Waals surface area (Å²) in [4.78, 5) is 13.4. The van der Waals surface area contributed by atoms with Gasteiger partial charge in [0.05, 0.1) is 0 Å². The van der Waals surface area contributed by atoms with Gasteiger partial charge in [-0.15, -0.1) is 0 Å². The fourth-order valence-electron chi connectivity index (χ4n) is 2.15. The van der Waals surface area contributed by atoms with Crippen LogP contribution in [0.3, 0.4) is 0 Å². The van der Waals surface area contributed by atoms with Crippen LogP contribution >= 0.6 is 0 Å². The molecule has 0 radical (unpaired) electrons. The molecular weight excluding hydrogens is 221 g/mol. The molecule has 2 rings (SSSR count). The highest BCUT2D eigenvalue weighted by atomic mass is 19.1. The minimum absolute atomic E-state index is 0.0454. The van der Waals surface area contributed by atoms with E-state index in [4.69, 9.17) is 5.11 Å². The van der Waals surface area contributed by atoms with Crippen molar-refractivity contribution in [1.82, 2.24) is 4.90 Å². The first-order valence-electron chi connectivity index (χ1n) is 5.74. The maximum absolute atomic E-state index is 13.1. The summed E-state index contributed by atoms with van der Waals surface area (Å²) in [5.74, 6) is -0.121. The van der Waals surface area contributed by atoms with Crippen molar-refractivity contribution in [3.05, 3.63) is 35.1 Å². The quantitative estimate of drug-likeness (QED) is 0.865. The highest BCUT2D eigenvalue weighted by Crippen LogP contribution is 2.20. The number of likely N-dealkylation sites (tertiary alicyclic amines) is 1. The molecule has 0 spiro atoms. The molecule has 1 heterocycles. The molecule has 1 amide bonds. The molecule has 0 bridgehead atoms. The number of aliphatic hydroxyl groups is 1. The molecule has 4 heteroatoms. The van der Waals surface area contributed by atoms with Crippen LogP contribution in [-0.2, 0) is 11.3 Å². The number of amides is 1. The fraction of sp³-hybridized carbons (Fsp3) is 0.462. The number of aliphatic hydroxyl groups excluding tert-OH is 1. The van der Waals surface area contributed by atoms with E-state index in [1.807, 2.05) is 0 Å². The molecule has 1 fully saturated rings. The first-order valence-corrected chi connectivity index (χ1v) is 5.74. The SMILES string of the molecule is Cc1cc(CN2CC(CO)CC2=O)ccc1F. The van der Waals surface area contributed by atoms with Gasteiger partial charge in [0.25, 0.3) is 0 Å². The van der Waals surface area contributed by atoms with Gasteiger partial charge in [-0.1, -0.05) is 12.1 Å². The lowest BCUT2D eigenvalue weighted by molar-refractivity contribution is -0.128. The van der Waals surface area contributed by atoms with Crippen molar-refractivity contribution in [1.29, 1.82) is 0 Å². The number of aryl methyl sites for hydroxylation is 1. The fourth-order valence-corrected chi connectivity index (χ4v) is 2.15. The van der Waals surface area contributed by atoms with E-state index in [0.717, 1.165) is 5.56 Å². The van der Waals surface area contributed by atoms with Gasteiger partial charge in [0.1, 0.15) is 5.82 Å². The highest BCUT2D eigenvalue weighted by molar-refractivity contribution is 5.78. The van der Waals surface area contributed by atoms with Gasteiger partial charge in [-0.3, -0.25) is 4.79 Å². The third-order valence-electron chi connectivity index (χ3n) is 3.15. The molecule has 1 aliphatic heterocycles. The zero-order valence-electron chi connectivity index (χ0n) is 9.82. The Kier molecular flexibility index (Phi) is 3.43. The summed E-state index contributed by atoms with van der Waals surface area (Å²) in [7, 11) is 0. The van der Waals surface area contributed by atoms with Crippen LogP contribution in [0, 0.1) is 18.7 Å². The lowest BCUT2D eigenvalue weighted by Gasteiger charge is -2.16. The van der Waals surface area contributed by atoms with E-state index < -0.39 is 0 Å². The van der Waals surface area contributed by atoms with Crippen LogP contribution in [0.25, 0.3) is 0 Å². The molecule has 3 nitrogen and oxygen atoms in total. The summed E-state index contributed by atoms with van der Waals surface area (Å²) in [6.07, 6.45) is 0.413. The summed E-state index contributed by atoms with van der Waals surface area (Å²) in [5, 5.41) is 9.02. The number of carbonyl (C=O) groups is 1. The molecule has 0 aromatic heterocycles. The van der Waals surface area contributed by atoms with Crippen LogP contribution in [0.2, 0.25) is 0 Å². The zero-order chi connectivity index (χ0) is 12.4. The maximum atomic E-state index is 13.1. The summed E-state index contributed by atoms with van der Waals surface area (Å²) in [5.41, 5.74) is 1.52. The van der Waals surface area contributed by atoms with E-state index in [2.05, 4.69) is 0 Å². The van der Waals surface area contributed by atoms with Crippen molar-refractivity contribution >= 4 is 5.91 Å². The molecule has 1 saturated heterocycles. The third-order valence-corrected chi connectivity index (χ3v) is 3.15. The summed E-state index contributed by atoms with van der Waals surface area (Å²) in [6, 6.07) is 4.88. The van der Waals surface area contributed by atoms with Crippen LogP contribution in [0.1, 0.15) is 17.5 Å². The van der Waals surface area contributed by atoms with Crippen LogP contribution in [0.15, 0.2) is 18.2 Å². The van der Waals surface area contributed by atoms with Crippen molar-refractivity contribution in [2.45, 2.75) is 19.9 Å². The minimum atomic E-state index is -0.227. The molecule has 0 aliphatic carbocycles. The largest absolute Gasteiger partial charge is 0.396 e. The zero-order valence-corrected chi connectivity index (χ0v) is 9.82. The highest BCUT2D eigenvalue weighted by Gasteiger charge is 2.28. The second kappa shape index (κ2) is 4.84. The monoisotopic (exact) mass is 237 g/mol. The number of halogens is 1. The minimum Gasteiger partial charge on any atom is -0.396 e. The van der Waals surface area contributed by atoms with Gasteiger partial charge in [0.2, 0.25) is 5.91 Å². The van der Waals surface area contributed by atoms with Gasteiger partial charge in [0, 0.05) is 32.0 Å². The van der Waals surface area contributed by atoms with E-state index in [9.17, 15) is 9.18 Å². The predicted octanol–water partition coefficient (Wildman–Crippen LogP) is 1.47. The standard InChI is InChI=1S/C13H16FNO2/c1-9-4-10(2-3-12(9)14)6-15-7-11(8-16)5-13(15)17/h2-4,11,16H,5-8H2,1H3. The average molecular weight is 237 g/mol. The van der Waals surface area contributed by atoms with Crippen LogP contribution in [0.4, 0.5) is 4.39 Å². The molecule has 1 aromatic rings. The van der Waals surface area contributed by atoms with Gasteiger partial charge in [0.15, 0.2) is 0 Å². The average Bonchev–Trinajstić information content (AvgIpc) is 2.65. The molecular formula is C13H16FNO2. The number of carbonyl (C=O) groups excluding carboxylic acids is 1. The second-order valence-corrected chi connectivity index (χ2v) is 4.61. The van der Waals surface area contributed by atoms with Crippen molar-refractivity contribution in [3.63, 3.8) is 0 Å². The molecule has 92 valence electrons. The third kappa shape index (κ3) is 2.64. The molecule has 1 unspecified atom stereocenters. The number of nitrogens with zero attached hydrogens (tertiary/aromatic N) is 1. The van der Waals surface area contributed by atoms with Crippen LogP contribution < -0.4 is 0 Å². The second-order valence-electron chi connectivity index (χ2n) is 4.61. The Morgan fingerprint density at radius 1 is 1.53 bits per heavy atom. The number of hydrogen-bond acceptors (Lipinski definition) is 2. The summed E-state index contributed by atoms with van der Waals surface area (Å²) >= 11 is 0. The molecule has 1 atom stereocenters. The first kappa shape index (κ1) is 12.0. The van der Waals surface area contributed by atoms with Crippen molar-refractivity contribution in [2.75, 3.05) is 13.2 Å². The van der Waals surface area contributed by atoms with Gasteiger partial charge in [-0.2, -0.15) is 0 Å². The Balaban J connectivity index is 2.06. The van der Waals surface area contributed by atoms with E-state index >= 15 is 0 Å². The number of rotatable bonds is 3. The smallest absolute Gasteiger partial charge is 0.223 e. The Morgan fingerprint density at radius 3 is 2.88 bits per heavy atom. The van der Waals surface area contributed by atoms with Gasteiger partial charge < -0.3 is 10.0 Å². The van der Waals surface area contributed by atoms with Crippen molar-refractivity contribution in [3.8, 4) is 0 Å².